The van der Waals surface area contributed by atoms with E-state index in [1.54, 1.807) is 18.2 Å². The van der Waals surface area contributed by atoms with E-state index in [1.165, 1.54) is 18.2 Å². The second-order valence-corrected chi connectivity index (χ2v) is 8.11. The molecular weight excluding hydrogens is 393 g/mol. The van der Waals surface area contributed by atoms with Crippen molar-refractivity contribution in [3.05, 3.63) is 63.9 Å². The molecule has 0 spiro atoms. The highest BCUT2D eigenvalue weighted by molar-refractivity contribution is 6.31. The van der Waals surface area contributed by atoms with Crippen LogP contribution in [0.15, 0.2) is 36.4 Å². The predicted molar refractivity (Wildman–Crippen MR) is 111 cm³/mol. The molecule has 2 aromatic rings. The van der Waals surface area contributed by atoms with Crippen LogP contribution in [0.1, 0.15) is 54.2 Å². The van der Waals surface area contributed by atoms with Crippen LogP contribution >= 0.6 is 11.6 Å². The second kappa shape index (κ2) is 7.67. The Bertz CT molecular complexity index is 981. The predicted octanol–water partition coefficient (Wildman–Crippen LogP) is 4.96. The van der Waals surface area contributed by atoms with Gasteiger partial charge in [0.05, 0.1) is 6.04 Å². The third-order valence-corrected chi connectivity index (χ3v) is 6.33. The number of nitrogens with one attached hydrogen (secondary N) is 2. The summed E-state index contributed by atoms with van der Waals surface area (Å²) in [5.74, 6) is -0.262. The molecule has 2 aliphatic heterocycles. The zero-order valence-electron chi connectivity index (χ0n) is 16.3. The number of nitrogens with zero attached hydrogens (tertiary/aromatic N) is 1. The molecule has 29 heavy (non-hydrogen) atoms. The van der Waals surface area contributed by atoms with Crippen molar-refractivity contribution in [3.63, 3.8) is 0 Å². The van der Waals surface area contributed by atoms with Crippen molar-refractivity contribution in [2.75, 3.05) is 11.9 Å². The molecule has 0 aliphatic carbocycles. The number of carbonyl (C=O) groups is 2. The lowest BCUT2D eigenvalue weighted by Crippen LogP contribution is -2.40. The Morgan fingerprint density at radius 2 is 2.14 bits per heavy atom. The molecule has 3 unspecified atom stereocenters. The first kappa shape index (κ1) is 19.7. The van der Waals surface area contributed by atoms with Crippen molar-refractivity contribution in [2.24, 2.45) is 5.92 Å². The van der Waals surface area contributed by atoms with Crippen molar-refractivity contribution in [1.82, 2.24) is 10.2 Å². The van der Waals surface area contributed by atoms with Gasteiger partial charge in [0, 0.05) is 40.0 Å². The third-order valence-electron chi connectivity index (χ3n) is 5.99. The summed E-state index contributed by atoms with van der Waals surface area (Å²) in [4.78, 5) is 27.4. The molecule has 0 bridgehead atoms. The molecule has 2 N–H and O–H groups in total. The highest BCUT2D eigenvalue weighted by atomic mass is 35.5. The Morgan fingerprint density at radius 3 is 2.90 bits per heavy atom. The number of urea groups is 1. The van der Waals surface area contributed by atoms with Crippen LogP contribution in [0.2, 0.25) is 5.02 Å². The van der Waals surface area contributed by atoms with Gasteiger partial charge in [0.25, 0.3) is 5.91 Å². The molecule has 2 aromatic carbocycles. The average Bonchev–Trinajstić information content (AvgIpc) is 3.24. The Balaban J connectivity index is 1.70. The van der Waals surface area contributed by atoms with E-state index in [1.807, 2.05) is 4.90 Å². The van der Waals surface area contributed by atoms with Gasteiger partial charge in [0.2, 0.25) is 0 Å². The molecule has 0 aromatic heterocycles. The number of fused-ring (bicyclic) bond motifs is 1. The second-order valence-electron chi connectivity index (χ2n) is 7.70. The Kier molecular flexibility index (Phi) is 5.21. The normalized spacial score (nSPS) is 23.1. The maximum absolute atomic E-state index is 13.9. The summed E-state index contributed by atoms with van der Waals surface area (Å²) < 4.78 is 13.9. The molecule has 2 aliphatic rings. The van der Waals surface area contributed by atoms with Crippen LogP contribution in [-0.2, 0) is 0 Å². The van der Waals surface area contributed by atoms with Crippen LogP contribution in [0.5, 0.6) is 0 Å². The van der Waals surface area contributed by atoms with Crippen LogP contribution in [0.4, 0.5) is 14.9 Å². The Morgan fingerprint density at radius 1 is 1.34 bits per heavy atom. The van der Waals surface area contributed by atoms with E-state index in [0.29, 0.717) is 39.9 Å². The van der Waals surface area contributed by atoms with Crippen LogP contribution in [0, 0.1) is 11.7 Å². The summed E-state index contributed by atoms with van der Waals surface area (Å²) in [6.07, 6.45) is 1.86. The van der Waals surface area contributed by atoms with Gasteiger partial charge in [-0.05, 0) is 49.1 Å². The highest BCUT2D eigenvalue weighted by Crippen LogP contribution is 2.39. The van der Waals surface area contributed by atoms with Gasteiger partial charge in [-0.2, -0.15) is 0 Å². The van der Waals surface area contributed by atoms with Gasteiger partial charge in [-0.15, -0.1) is 0 Å². The zero-order chi connectivity index (χ0) is 20.7. The lowest BCUT2D eigenvalue weighted by Gasteiger charge is -2.27. The number of hydrogen-bond acceptors (Lipinski definition) is 2. The van der Waals surface area contributed by atoms with Gasteiger partial charge < -0.3 is 15.5 Å². The van der Waals surface area contributed by atoms with E-state index < -0.39 is 11.9 Å². The van der Waals surface area contributed by atoms with E-state index in [4.69, 9.17) is 11.6 Å². The first-order valence-electron chi connectivity index (χ1n) is 9.87. The molecule has 5 nitrogen and oxygen atoms in total. The van der Waals surface area contributed by atoms with Crippen molar-refractivity contribution < 1.29 is 14.0 Å². The zero-order valence-corrected chi connectivity index (χ0v) is 17.1. The van der Waals surface area contributed by atoms with E-state index >= 15 is 0 Å². The van der Waals surface area contributed by atoms with Crippen molar-refractivity contribution in [1.29, 1.82) is 0 Å². The molecule has 0 saturated carbocycles. The van der Waals surface area contributed by atoms with Gasteiger partial charge in [-0.1, -0.05) is 31.5 Å². The first-order valence-corrected chi connectivity index (χ1v) is 10.2. The topological polar surface area (TPSA) is 61.4 Å². The van der Waals surface area contributed by atoms with E-state index in [-0.39, 0.29) is 18.0 Å². The largest absolute Gasteiger partial charge is 0.341 e. The van der Waals surface area contributed by atoms with Gasteiger partial charge >= 0.3 is 6.03 Å². The summed E-state index contributed by atoms with van der Waals surface area (Å²) in [7, 11) is 0. The quantitative estimate of drug-likeness (QED) is 0.743. The fraction of sp³-hybridized carbons (Fsp3) is 0.364. The molecule has 1 fully saturated rings. The van der Waals surface area contributed by atoms with Crippen LogP contribution in [0.3, 0.4) is 0 Å². The molecule has 2 heterocycles. The smallest absolute Gasteiger partial charge is 0.322 e. The first-order chi connectivity index (χ1) is 13.9. The number of likely N-dealkylation sites (tertiary alicyclic amines) is 1. The van der Waals surface area contributed by atoms with Gasteiger partial charge in [-0.25, -0.2) is 9.18 Å². The molecule has 7 heteroatoms. The number of amides is 3. The van der Waals surface area contributed by atoms with Crippen LogP contribution in [-0.4, -0.2) is 29.4 Å². The van der Waals surface area contributed by atoms with Gasteiger partial charge in [-0.3, -0.25) is 4.79 Å². The van der Waals surface area contributed by atoms with E-state index in [0.717, 1.165) is 12.8 Å². The summed E-state index contributed by atoms with van der Waals surface area (Å²) in [5.41, 5.74) is 2.06. The van der Waals surface area contributed by atoms with Crippen LogP contribution in [0.25, 0.3) is 0 Å². The van der Waals surface area contributed by atoms with E-state index in [9.17, 15) is 14.0 Å². The standard InChI is InChI=1S/C22H23ClFN3O2/c1-3-18-12(2)9-10-27(18)22(29)25-17-6-4-5-14-19(17)20(26-21(14)28)15-11-13(24)7-8-16(15)23/h4-8,11-12,18,20H,3,9-10H2,1-2H3,(H,25,29)(H,26,28). The van der Waals surface area contributed by atoms with Crippen molar-refractivity contribution >= 4 is 29.2 Å². The number of halogens is 2. The van der Waals surface area contributed by atoms with Gasteiger partial charge in [0.15, 0.2) is 0 Å². The summed E-state index contributed by atoms with van der Waals surface area (Å²) in [5, 5.41) is 6.19. The van der Waals surface area contributed by atoms with Crippen molar-refractivity contribution in [2.45, 2.75) is 38.8 Å². The molecule has 152 valence electrons. The monoisotopic (exact) mass is 415 g/mol. The summed E-state index contributed by atoms with van der Waals surface area (Å²) in [6, 6.07) is 8.63. The van der Waals surface area contributed by atoms with Crippen molar-refractivity contribution in [3.8, 4) is 0 Å². The fourth-order valence-electron chi connectivity index (χ4n) is 4.50. The number of rotatable bonds is 3. The number of anilines is 1. The fourth-order valence-corrected chi connectivity index (χ4v) is 4.73. The van der Waals surface area contributed by atoms with E-state index in [2.05, 4.69) is 24.5 Å². The minimum Gasteiger partial charge on any atom is -0.341 e. The third kappa shape index (κ3) is 3.46. The van der Waals surface area contributed by atoms with Crippen LogP contribution < -0.4 is 10.6 Å². The summed E-state index contributed by atoms with van der Waals surface area (Å²) in [6.45, 7) is 4.95. The molecule has 1 saturated heterocycles. The average molecular weight is 416 g/mol. The summed E-state index contributed by atoms with van der Waals surface area (Å²) >= 11 is 6.29. The Hall–Kier alpha value is -2.60. The molecule has 4 rings (SSSR count). The molecule has 3 amide bonds. The number of hydrogen-bond donors (Lipinski definition) is 2. The maximum Gasteiger partial charge on any atom is 0.322 e. The molecular formula is C22H23ClFN3O2. The lowest BCUT2D eigenvalue weighted by molar-refractivity contribution is 0.0960. The lowest BCUT2D eigenvalue weighted by atomic mass is 9.96. The number of benzene rings is 2. The SMILES string of the molecule is CCC1C(C)CCN1C(=O)Nc1cccc2c1C(c1cc(F)ccc1Cl)NC2=O. The maximum atomic E-state index is 13.9. The molecule has 3 atom stereocenters. The Labute approximate surface area is 174 Å². The minimum absolute atomic E-state index is 0.182. The number of carbonyl (C=O) groups excluding carboxylic acids is 2. The highest BCUT2D eigenvalue weighted by Gasteiger charge is 2.36. The minimum atomic E-state index is -0.628. The van der Waals surface area contributed by atoms with Gasteiger partial charge in [0.1, 0.15) is 5.82 Å². The molecule has 0 radical (unpaired) electrons.